The highest BCUT2D eigenvalue weighted by Crippen LogP contribution is 2.32. The van der Waals surface area contributed by atoms with Crippen molar-refractivity contribution in [1.82, 2.24) is 19.9 Å². The zero-order valence-corrected chi connectivity index (χ0v) is 19.7. The van der Waals surface area contributed by atoms with E-state index in [1.807, 2.05) is 24.3 Å². The minimum atomic E-state index is -0.253. The lowest BCUT2D eigenvalue weighted by Crippen LogP contribution is -2.35. The number of fused-ring (bicyclic) bond motifs is 2. The third-order valence-corrected chi connectivity index (χ3v) is 6.84. The molecule has 1 fully saturated rings. The molecule has 4 aromatic rings. The second-order valence-corrected chi connectivity index (χ2v) is 9.20. The van der Waals surface area contributed by atoms with Gasteiger partial charge in [0.15, 0.2) is 0 Å². The van der Waals surface area contributed by atoms with Gasteiger partial charge in [-0.2, -0.15) is 0 Å². The number of carbonyl (C=O) groups excluding carboxylic acids is 1. The van der Waals surface area contributed by atoms with Crippen LogP contribution in [-0.4, -0.2) is 57.2 Å². The number of likely N-dealkylation sites (N-methyl/N-ethyl adjacent to an activating group) is 1. The summed E-state index contributed by atoms with van der Waals surface area (Å²) in [4.78, 5) is 45.0. The molecule has 10 heteroatoms. The summed E-state index contributed by atoms with van der Waals surface area (Å²) in [5, 5.41) is 13.5. The van der Waals surface area contributed by atoms with Crippen molar-refractivity contribution in [1.29, 1.82) is 0 Å². The standard InChI is InChI=1S/C26H25N7O3/c1-32-23(35)11-15-10-16(13-29-25(15)32)20-12-21(24-19(30-20)4-7-27-26(24)36)31-22-3-2-17(14-28-22)33-8-5-18(34)6-9-33/h2-4,7,10,12-14,18,34H,5-6,8-9,11H2,1H3,(H,27,36)(H,28,30,31). The Labute approximate surface area is 206 Å². The fraction of sp³-hybridized carbons (Fsp3) is 0.269. The number of carbonyl (C=O) groups is 1. The molecule has 6 rings (SSSR count). The van der Waals surface area contributed by atoms with Gasteiger partial charge in [0, 0.05) is 43.7 Å². The topological polar surface area (TPSA) is 127 Å². The number of aromatic amines is 1. The van der Waals surface area contributed by atoms with Gasteiger partial charge in [-0.15, -0.1) is 0 Å². The summed E-state index contributed by atoms with van der Waals surface area (Å²) in [6.07, 6.45) is 6.63. The molecule has 0 atom stereocenters. The summed E-state index contributed by atoms with van der Waals surface area (Å²) >= 11 is 0. The van der Waals surface area contributed by atoms with Crippen LogP contribution in [0.25, 0.3) is 22.2 Å². The summed E-state index contributed by atoms with van der Waals surface area (Å²) in [6, 6.07) is 9.35. The van der Waals surface area contributed by atoms with Crippen molar-refractivity contribution in [2.24, 2.45) is 0 Å². The van der Waals surface area contributed by atoms with E-state index < -0.39 is 0 Å². The Morgan fingerprint density at radius 2 is 1.92 bits per heavy atom. The molecule has 0 aliphatic carbocycles. The first-order chi connectivity index (χ1) is 17.5. The van der Waals surface area contributed by atoms with E-state index in [1.165, 1.54) is 0 Å². The molecule has 2 aliphatic heterocycles. The van der Waals surface area contributed by atoms with Crippen LogP contribution in [-0.2, 0) is 11.2 Å². The van der Waals surface area contributed by atoms with E-state index in [0.717, 1.165) is 42.7 Å². The summed E-state index contributed by atoms with van der Waals surface area (Å²) in [5.74, 6) is 1.26. The van der Waals surface area contributed by atoms with Crippen LogP contribution in [0.15, 0.2) is 53.7 Å². The van der Waals surface area contributed by atoms with Crippen LogP contribution < -0.4 is 20.7 Å². The Morgan fingerprint density at radius 1 is 1.08 bits per heavy atom. The Morgan fingerprint density at radius 3 is 2.69 bits per heavy atom. The van der Waals surface area contributed by atoms with E-state index >= 15 is 0 Å². The molecule has 182 valence electrons. The highest BCUT2D eigenvalue weighted by Gasteiger charge is 2.26. The Balaban J connectivity index is 1.35. The van der Waals surface area contributed by atoms with Crippen LogP contribution in [0.2, 0.25) is 0 Å². The second kappa shape index (κ2) is 8.72. The summed E-state index contributed by atoms with van der Waals surface area (Å²) < 4.78 is 0. The number of anilines is 4. The molecule has 0 bridgehead atoms. The average Bonchev–Trinajstić information content (AvgIpc) is 3.17. The number of nitrogens with one attached hydrogen (secondary N) is 2. The number of aliphatic hydroxyl groups excluding tert-OH is 1. The number of hydrogen-bond donors (Lipinski definition) is 3. The van der Waals surface area contributed by atoms with Gasteiger partial charge in [0.2, 0.25) is 5.91 Å². The fourth-order valence-corrected chi connectivity index (χ4v) is 4.82. The lowest BCUT2D eigenvalue weighted by atomic mass is 10.1. The Bertz CT molecular complexity index is 1530. The van der Waals surface area contributed by atoms with Crippen molar-refractivity contribution in [2.75, 3.05) is 35.3 Å². The molecular formula is C26H25N7O3. The molecule has 3 N–H and O–H groups in total. The zero-order chi connectivity index (χ0) is 24.8. The Hall–Kier alpha value is -4.31. The number of amides is 1. The van der Waals surface area contributed by atoms with E-state index in [1.54, 1.807) is 36.6 Å². The number of piperidine rings is 1. The summed E-state index contributed by atoms with van der Waals surface area (Å²) in [6.45, 7) is 1.58. The number of nitrogens with zero attached hydrogens (tertiary/aromatic N) is 5. The molecule has 1 saturated heterocycles. The van der Waals surface area contributed by atoms with Crippen LogP contribution in [0.3, 0.4) is 0 Å². The second-order valence-electron chi connectivity index (χ2n) is 9.20. The molecule has 6 heterocycles. The van der Waals surface area contributed by atoms with Crippen LogP contribution >= 0.6 is 0 Å². The fourth-order valence-electron chi connectivity index (χ4n) is 4.82. The molecule has 0 unspecified atom stereocenters. The van der Waals surface area contributed by atoms with Gasteiger partial charge in [0.05, 0.1) is 46.7 Å². The molecule has 4 aromatic heterocycles. The summed E-state index contributed by atoms with van der Waals surface area (Å²) in [7, 11) is 1.72. The minimum Gasteiger partial charge on any atom is -0.393 e. The summed E-state index contributed by atoms with van der Waals surface area (Å²) in [5.41, 5.74) is 4.10. The average molecular weight is 484 g/mol. The smallest absolute Gasteiger partial charge is 0.259 e. The highest BCUT2D eigenvalue weighted by atomic mass is 16.3. The van der Waals surface area contributed by atoms with Gasteiger partial charge < -0.3 is 20.3 Å². The molecule has 0 aromatic carbocycles. The first-order valence-corrected chi connectivity index (χ1v) is 11.9. The van der Waals surface area contributed by atoms with E-state index in [-0.39, 0.29) is 17.6 Å². The van der Waals surface area contributed by atoms with Gasteiger partial charge in [0.1, 0.15) is 11.6 Å². The van der Waals surface area contributed by atoms with Crippen molar-refractivity contribution in [3.05, 3.63) is 64.8 Å². The number of hydrogen-bond acceptors (Lipinski definition) is 8. The largest absolute Gasteiger partial charge is 0.393 e. The predicted octanol–water partition coefficient (Wildman–Crippen LogP) is 2.60. The zero-order valence-electron chi connectivity index (χ0n) is 19.7. The van der Waals surface area contributed by atoms with Crippen LogP contribution in [0.4, 0.5) is 23.0 Å². The maximum atomic E-state index is 12.7. The Kier molecular flexibility index (Phi) is 5.37. The molecule has 0 saturated carbocycles. The molecular weight excluding hydrogens is 458 g/mol. The highest BCUT2D eigenvalue weighted by molar-refractivity contribution is 6.00. The van der Waals surface area contributed by atoms with Crippen molar-refractivity contribution in [2.45, 2.75) is 25.4 Å². The first kappa shape index (κ1) is 22.2. The van der Waals surface area contributed by atoms with Crippen LogP contribution in [0.1, 0.15) is 18.4 Å². The van der Waals surface area contributed by atoms with Gasteiger partial charge in [-0.25, -0.2) is 15.0 Å². The van der Waals surface area contributed by atoms with Crippen molar-refractivity contribution >= 4 is 39.8 Å². The van der Waals surface area contributed by atoms with E-state index in [0.29, 0.717) is 40.3 Å². The van der Waals surface area contributed by atoms with Gasteiger partial charge in [0.25, 0.3) is 5.56 Å². The molecule has 0 spiro atoms. The molecule has 10 nitrogen and oxygen atoms in total. The quantitative estimate of drug-likeness (QED) is 0.404. The third-order valence-electron chi connectivity index (χ3n) is 6.84. The van der Waals surface area contributed by atoms with Crippen molar-refractivity contribution in [3.8, 4) is 11.3 Å². The predicted molar refractivity (Wildman–Crippen MR) is 138 cm³/mol. The maximum Gasteiger partial charge on any atom is 0.259 e. The van der Waals surface area contributed by atoms with E-state index in [9.17, 15) is 14.7 Å². The number of H-pyrrole nitrogens is 1. The van der Waals surface area contributed by atoms with Crippen LogP contribution in [0, 0.1) is 0 Å². The van der Waals surface area contributed by atoms with Crippen LogP contribution in [0.5, 0.6) is 0 Å². The number of aliphatic hydroxyl groups is 1. The lowest BCUT2D eigenvalue weighted by molar-refractivity contribution is -0.117. The molecule has 36 heavy (non-hydrogen) atoms. The van der Waals surface area contributed by atoms with Crippen molar-refractivity contribution in [3.63, 3.8) is 0 Å². The normalized spacial score (nSPS) is 16.0. The number of pyridine rings is 4. The molecule has 1 amide bonds. The molecule has 0 radical (unpaired) electrons. The van der Waals surface area contributed by atoms with E-state index in [4.69, 9.17) is 4.98 Å². The SMILES string of the molecule is CN1C(=O)Cc2cc(-c3cc(Nc4ccc(N5CCC(O)CC5)cn4)c4c(=O)[nH]ccc4n3)cnc21. The third kappa shape index (κ3) is 3.95. The van der Waals surface area contributed by atoms with Gasteiger partial charge in [-0.3, -0.25) is 14.5 Å². The van der Waals surface area contributed by atoms with Gasteiger partial charge >= 0.3 is 0 Å². The van der Waals surface area contributed by atoms with Crippen molar-refractivity contribution < 1.29 is 9.90 Å². The lowest BCUT2D eigenvalue weighted by Gasteiger charge is -2.31. The minimum absolute atomic E-state index is 0.00487. The van der Waals surface area contributed by atoms with Gasteiger partial charge in [-0.05, 0) is 43.2 Å². The monoisotopic (exact) mass is 483 g/mol. The van der Waals surface area contributed by atoms with Gasteiger partial charge in [-0.1, -0.05) is 0 Å². The van der Waals surface area contributed by atoms with E-state index in [2.05, 4.69) is 25.2 Å². The first-order valence-electron chi connectivity index (χ1n) is 11.9. The maximum absolute atomic E-state index is 12.7. The number of aromatic nitrogens is 4. The number of rotatable bonds is 4. The molecule has 2 aliphatic rings.